The van der Waals surface area contributed by atoms with Crippen molar-refractivity contribution in [2.75, 3.05) is 0 Å². The summed E-state index contributed by atoms with van der Waals surface area (Å²) in [5.41, 5.74) is 0.941. The number of rotatable bonds is 5. The van der Waals surface area contributed by atoms with E-state index in [9.17, 15) is 4.79 Å². The SMILES string of the molecule is CC(C)NC(=O)C(C)NC(C)c1ccccn1. The predicted octanol–water partition coefficient (Wildman–Crippen LogP) is 1.65. The lowest BCUT2D eigenvalue weighted by atomic mass is 10.2. The van der Waals surface area contributed by atoms with Gasteiger partial charge in [-0.1, -0.05) is 6.07 Å². The van der Waals surface area contributed by atoms with Gasteiger partial charge in [0.05, 0.1) is 11.7 Å². The Balaban J connectivity index is 2.51. The third kappa shape index (κ3) is 4.53. The molecule has 0 saturated carbocycles. The number of carbonyl (C=O) groups excluding carboxylic acids is 1. The molecule has 1 rings (SSSR count). The molecule has 2 unspecified atom stereocenters. The number of carbonyl (C=O) groups is 1. The quantitative estimate of drug-likeness (QED) is 0.816. The average Bonchev–Trinajstić information content (AvgIpc) is 2.29. The van der Waals surface area contributed by atoms with Crippen LogP contribution in [0.5, 0.6) is 0 Å². The van der Waals surface area contributed by atoms with Crippen LogP contribution in [0, 0.1) is 0 Å². The van der Waals surface area contributed by atoms with E-state index in [2.05, 4.69) is 15.6 Å². The van der Waals surface area contributed by atoms with E-state index in [4.69, 9.17) is 0 Å². The second-order valence-electron chi connectivity index (χ2n) is 4.53. The smallest absolute Gasteiger partial charge is 0.237 e. The number of amides is 1. The summed E-state index contributed by atoms with van der Waals surface area (Å²) in [5.74, 6) is 0.0165. The molecule has 0 aliphatic carbocycles. The molecule has 17 heavy (non-hydrogen) atoms. The van der Waals surface area contributed by atoms with Crippen molar-refractivity contribution in [3.63, 3.8) is 0 Å². The molecule has 1 heterocycles. The first kappa shape index (κ1) is 13.6. The molecule has 0 fully saturated rings. The van der Waals surface area contributed by atoms with Crippen molar-refractivity contribution in [2.24, 2.45) is 0 Å². The van der Waals surface area contributed by atoms with E-state index in [1.807, 2.05) is 45.9 Å². The molecule has 0 bridgehead atoms. The molecule has 0 saturated heterocycles. The third-order valence-electron chi connectivity index (χ3n) is 2.46. The molecule has 0 aromatic carbocycles. The van der Waals surface area contributed by atoms with Crippen LogP contribution in [0.3, 0.4) is 0 Å². The number of pyridine rings is 1. The first-order chi connectivity index (χ1) is 8.00. The standard InChI is InChI=1S/C13H21N3O/c1-9(2)15-13(17)11(4)16-10(3)12-7-5-6-8-14-12/h5-11,16H,1-4H3,(H,15,17). The molecular weight excluding hydrogens is 214 g/mol. The normalized spacial score (nSPS) is 14.4. The Bertz CT molecular complexity index is 351. The van der Waals surface area contributed by atoms with Crippen LogP contribution in [0.15, 0.2) is 24.4 Å². The molecule has 94 valence electrons. The van der Waals surface area contributed by atoms with Gasteiger partial charge in [-0.15, -0.1) is 0 Å². The van der Waals surface area contributed by atoms with E-state index < -0.39 is 0 Å². The van der Waals surface area contributed by atoms with Crippen molar-refractivity contribution in [2.45, 2.75) is 45.8 Å². The van der Waals surface area contributed by atoms with Crippen LogP contribution in [0.25, 0.3) is 0 Å². The fraction of sp³-hybridized carbons (Fsp3) is 0.538. The van der Waals surface area contributed by atoms with E-state index in [0.29, 0.717) is 0 Å². The van der Waals surface area contributed by atoms with Crippen LogP contribution < -0.4 is 10.6 Å². The van der Waals surface area contributed by atoms with Crippen LogP contribution in [0.4, 0.5) is 0 Å². The number of nitrogens with one attached hydrogen (secondary N) is 2. The van der Waals surface area contributed by atoms with Gasteiger partial charge in [0.15, 0.2) is 0 Å². The van der Waals surface area contributed by atoms with Gasteiger partial charge in [-0.25, -0.2) is 0 Å². The van der Waals surface area contributed by atoms with E-state index in [1.165, 1.54) is 0 Å². The average molecular weight is 235 g/mol. The van der Waals surface area contributed by atoms with Gasteiger partial charge in [-0.2, -0.15) is 0 Å². The highest BCUT2D eigenvalue weighted by atomic mass is 16.2. The van der Waals surface area contributed by atoms with Crippen LogP contribution in [0.2, 0.25) is 0 Å². The largest absolute Gasteiger partial charge is 0.353 e. The van der Waals surface area contributed by atoms with Crippen molar-refractivity contribution < 1.29 is 4.79 Å². The summed E-state index contributed by atoms with van der Waals surface area (Å²) >= 11 is 0. The minimum atomic E-state index is -0.227. The molecule has 0 radical (unpaired) electrons. The first-order valence-corrected chi connectivity index (χ1v) is 5.98. The fourth-order valence-electron chi connectivity index (χ4n) is 1.58. The Morgan fingerprint density at radius 2 is 1.94 bits per heavy atom. The first-order valence-electron chi connectivity index (χ1n) is 5.98. The lowest BCUT2D eigenvalue weighted by Gasteiger charge is -2.20. The van der Waals surface area contributed by atoms with Crippen molar-refractivity contribution in [1.29, 1.82) is 0 Å². The topological polar surface area (TPSA) is 54.0 Å². The van der Waals surface area contributed by atoms with E-state index >= 15 is 0 Å². The third-order valence-corrected chi connectivity index (χ3v) is 2.46. The second kappa shape index (κ2) is 6.35. The van der Waals surface area contributed by atoms with E-state index in [1.54, 1.807) is 6.20 Å². The van der Waals surface area contributed by atoms with Crippen molar-refractivity contribution in [3.8, 4) is 0 Å². The molecule has 2 N–H and O–H groups in total. The lowest BCUT2D eigenvalue weighted by molar-refractivity contribution is -0.123. The molecule has 1 aromatic rings. The summed E-state index contributed by atoms with van der Waals surface area (Å²) in [4.78, 5) is 16.0. The molecule has 0 spiro atoms. The Morgan fingerprint density at radius 1 is 1.24 bits per heavy atom. The molecule has 2 atom stereocenters. The van der Waals surface area contributed by atoms with Gasteiger partial charge >= 0.3 is 0 Å². The Morgan fingerprint density at radius 3 is 2.47 bits per heavy atom. The van der Waals surface area contributed by atoms with Gasteiger partial charge in [0, 0.05) is 18.3 Å². The Kier molecular flexibility index (Phi) is 5.10. The molecule has 0 aliphatic heterocycles. The summed E-state index contributed by atoms with van der Waals surface area (Å²) in [6, 6.07) is 5.77. The number of aromatic nitrogens is 1. The monoisotopic (exact) mass is 235 g/mol. The highest BCUT2D eigenvalue weighted by molar-refractivity contribution is 5.81. The van der Waals surface area contributed by atoms with Crippen molar-refractivity contribution in [3.05, 3.63) is 30.1 Å². The number of nitrogens with zero attached hydrogens (tertiary/aromatic N) is 1. The fourth-order valence-corrected chi connectivity index (χ4v) is 1.58. The molecule has 1 aromatic heterocycles. The second-order valence-corrected chi connectivity index (χ2v) is 4.53. The summed E-state index contributed by atoms with van der Waals surface area (Å²) in [6.07, 6.45) is 1.76. The van der Waals surface area contributed by atoms with Gasteiger partial charge in [-0.05, 0) is 39.8 Å². The zero-order valence-corrected chi connectivity index (χ0v) is 10.9. The Labute approximate surface area is 103 Å². The van der Waals surface area contributed by atoms with Gasteiger partial charge in [0.1, 0.15) is 0 Å². The maximum Gasteiger partial charge on any atom is 0.237 e. The summed E-state index contributed by atoms with van der Waals surface area (Å²) in [5, 5.41) is 6.10. The summed E-state index contributed by atoms with van der Waals surface area (Å²) < 4.78 is 0. The van der Waals surface area contributed by atoms with Gasteiger partial charge in [-0.3, -0.25) is 15.1 Å². The van der Waals surface area contributed by atoms with Crippen LogP contribution in [-0.2, 0) is 4.79 Å². The number of hydrogen-bond donors (Lipinski definition) is 2. The lowest BCUT2D eigenvalue weighted by Crippen LogP contribution is -2.45. The highest BCUT2D eigenvalue weighted by Gasteiger charge is 2.16. The van der Waals surface area contributed by atoms with Gasteiger partial charge in [0.2, 0.25) is 5.91 Å². The van der Waals surface area contributed by atoms with Crippen LogP contribution in [0.1, 0.15) is 39.4 Å². The number of hydrogen-bond acceptors (Lipinski definition) is 3. The maximum absolute atomic E-state index is 11.7. The maximum atomic E-state index is 11.7. The van der Waals surface area contributed by atoms with Crippen molar-refractivity contribution >= 4 is 5.91 Å². The summed E-state index contributed by atoms with van der Waals surface area (Å²) in [6.45, 7) is 7.76. The Hall–Kier alpha value is -1.42. The van der Waals surface area contributed by atoms with Gasteiger partial charge in [0.25, 0.3) is 0 Å². The van der Waals surface area contributed by atoms with Crippen LogP contribution >= 0.6 is 0 Å². The highest BCUT2D eigenvalue weighted by Crippen LogP contribution is 2.08. The molecule has 0 aliphatic rings. The molecule has 4 nitrogen and oxygen atoms in total. The van der Waals surface area contributed by atoms with Gasteiger partial charge < -0.3 is 5.32 Å². The molecule has 4 heteroatoms. The minimum absolute atomic E-state index is 0.0165. The molecule has 1 amide bonds. The zero-order valence-electron chi connectivity index (χ0n) is 10.9. The van der Waals surface area contributed by atoms with Crippen molar-refractivity contribution in [1.82, 2.24) is 15.6 Å². The van der Waals surface area contributed by atoms with E-state index in [-0.39, 0.29) is 24.0 Å². The van der Waals surface area contributed by atoms with E-state index in [0.717, 1.165) is 5.69 Å². The predicted molar refractivity (Wildman–Crippen MR) is 68.5 cm³/mol. The minimum Gasteiger partial charge on any atom is -0.353 e. The van der Waals surface area contributed by atoms with Crippen LogP contribution in [-0.4, -0.2) is 23.0 Å². The zero-order chi connectivity index (χ0) is 12.8. The molecular formula is C13H21N3O. The summed E-state index contributed by atoms with van der Waals surface area (Å²) in [7, 11) is 0.